The number of hydrogen-bond donors (Lipinski definition) is 1. The van der Waals surface area contributed by atoms with E-state index in [4.69, 9.17) is 16.3 Å². The average molecular weight is 282 g/mol. The van der Waals surface area contributed by atoms with Gasteiger partial charge < -0.3 is 10.1 Å². The zero-order chi connectivity index (χ0) is 14.0. The first-order chi connectivity index (χ1) is 8.91. The maximum atomic E-state index is 6.20. The SMILES string of the molecule is CNC(CCc1cc(Cl)cc2c1OCC2)C(C)(C)C. The number of halogens is 1. The molecular formula is C16H24ClNO. The fraction of sp³-hybridized carbons (Fsp3) is 0.625. The van der Waals surface area contributed by atoms with Gasteiger partial charge in [-0.25, -0.2) is 0 Å². The largest absolute Gasteiger partial charge is 0.493 e. The summed E-state index contributed by atoms with van der Waals surface area (Å²) in [6.45, 7) is 7.60. The maximum Gasteiger partial charge on any atom is 0.125 e. The first-order valence-electron chi connectivity index (χ1n) is 7.03. The molecule has 0 fully saturated rings. The van der Waals surface area contributed by atoms with Crippen molar-refractivity contribution in [1.29, 1.82) is 0 Å². The van der Waals surface area contributed by atoms with Gasteiger partial charge in [-0.15, -0.1) is 0 Å². The molecule has 0 amide bonds. The third kappa shape index (κ3) is 3.43. The fourth-order valence-corrected chi connectivity index (χ4v) is 3.11. The molecule has 3 heteroatoms. The van der Waals surface area contributed by atoms with Crippen LogP contribution in [0.4, 0.5) is 0 Å². The van der Waals surface area contributed by atoms with Crippen LogP contribution in [0.1, 0.15) is 38.3 Å². The molecular weight excluding hydrogens is 258 g/mol. The number of benzene rings is 1. The normalized spacial score (nSPS) is 16.1. The van der Waals surface area contributed by atoms with Gasteiger partial charge in [0.25, 0.3) is 0 Å². The van der Waals surface area contributed by atoms with Crippen molar-refractivity contribution in [3.63, 3.8) is 0 Å². The second-order valence-corrected chi connectivity index (χ2v) is 6.83. The van der Waals surface area contributed by atoms with Crippen molar-refractivity contribution in [3.05, 3.63) is 28.3 Å². The summed E-state index contributed by atoms with van der Waals surface area (Å²) in [4.78, 5) is 0. The lowest BCUT2D eigenvalue weighted by Gasteiger charge is -2.30. The molecule has 0 radical (unpaired) electrons. The minimum atomic E-state index is 0.261. The predicted molar refractivity (Wildman–Crippen MR) is 81.3 cm³/mol. The van der Waals surface area contributed by atoms with E-state index in [-0.39, 0.29) is 5.41 Å². The number of ether oxygens (including phenoxy) is 1. The van der Waals surface area contributed by atoms with Gasteiger partial charge in [0.05, 0.1) is 6.61 Å². The molecule has 0 aliphatic carbocycles. The molecule has 0 aromatic heterocycles. The van der Waals surface area contributed by atoms with E-state index >= 15 is 0 Å². The van der Waals surface area contributed by atoms with Gasteiger partial charge in [-0.3, -0.25) is 0 Å². The number of hydrogen-bond acceptors (Lipinski definition) is 2. The van der Waals surface area contributed by atoms with Crippen LogP contribution in [0.5, 0.6) is 5.75 Å². The zero-order valence-electron chi connectivity index (χ0n) is 12.3. The van der Waals surface area contributed by atoms with Crippen LogP contribution >= 0.6 is 11.6 Å². The predicted octanol–water partition coefficient (Wildman–Crippen LogP) is 3.84. The zero-order valence-corrected chi connectivity index (χ0v) is 13.1. The Morgan fingerprint density at radius 2 is 2.11 bits per heavy atom. The van der Waals surface area contributed by atoms with Crippen molar-refractivity contribution in [2.24, 2.45) is 5.41 Å². The van der Waals surface area contributed by atoms with E-state index in [9.17, 15) is 0 Å². The van der Waals surface area contributed by atoms with Gasteiger partial charge in [-0.1, -0.05) is 32.4 Å². The standard InChI is InChI=1S/C16H24ClNO/c1-16(2,3)14(18-4)6-5-11-9-13(17)10-12-7-8-19-15(11)12/h9-10,14,18H,5-8H2,1-4H3. The highest BCUT2D eigenvalue weighted by Crippen LogP contribution is 2.34. The minimum absolute atomic E-state index is 0.261. The van der Waals surface area contributed by atoms with Crippen molar-refractivity contribution in [1.82, 2.24) is 5.32 Å². The Kier molecular flexibility index (Phi) is 4.42. The molecule has 1 aliphatic heterocycles. The summed E-state index contributed by atoms with van der Waals surface area (Å²) in [6, 6.07) is 4.58. The van der Waals surface area contributed by atoms with E-state index < -0.39 is 0 Å². The molecule has 1 aromatic carbocycles. The molecule has 0 bridgehead atoms. The molecule has 1 atom stereocenters. The second kappa shape index (κ2) is 5.72. The van der Waals surface area contributed by atoms with Crippen LogP contribution in [0.25, 0.3) is 0 Å². The molecule has 0 saturated heterocycles. The molecule has 0 saturated carbocycles. The number of rotatable bonds is 4. The maximum absolute atomic E-state index is 6.20. The highest BCUT2D eigenvalue weighted by Gasteiger charge is 2.24. The topological polar surface area (TPSA) is 21.3 Å². The number of fused-ring (bicyclic) bond motifs is 1. The summed E-state index contributed by atoms with van der Waals surface area (Å²) in [5.74, 6) is 1.08. The van der Waals surface area contributed by atoms with Gasteiger partial charge in [0, 0.05) is 17.5 Å². The van der Waals surface area contributed by atoms with Gasteiger partial charge in [0.2, 0.25) is 0 Å². The fourth-order valence-electron chi connectivity index (χ4n) is 2.84. The second-order valence-electron chi connectivity index (χ2n) is 6.40. The first-order valence-corrected chi connectivity index (χ1v) is 7.41. The molecule has 1 N–H and O–H groups in total. The third-order valence-corrected chi connectivity index (χ3v) is 4.14. The Bertz CT molecular complexity index is 451. The van der Waals surface area contributed by atoms with E-state index in [2.05, 4.69) is 32.2 Å². The molecule has 1 aliphatic rings. The van der Waals surface area contributed by atoms with E-state index in [0.29, 0.717) is 6.04 Å². The Balaban J connectivity index is 2.12. The Morgan fingerprint density at radius 3 is 2.74 bits per heavy atom. The van der Waals surface area contributed by atoms with Gasteiger partial charge >= 0.3 is 0 Å². The molecule has 2 nitrogen and oxygen atoms in total. The molecule has 1 heterocycles. The van der Waals surface area contributed by atoms with E-state index in [1.807, 2.05) is 13.1 Å². The molecule has 1 unspecified atom stereocenters. The van der Waals surface area contributed by atoms with E-state index in [1.165, 1.54) is 11.1 Å². The van der Waals surface area contributed by atoms with Crippen LogP contribution in [0.3, 0.4) is 0 Å². The van der Waals surface area contributed by atoms with Crippen LogP contribution in [0.15, 0.2) is 12.1 Å². The Hall–Kier alpha value is -0.730. The smallest absolute Gasteiger partial charge is 0.125 e. The summed E-state index contributed by atoms with van der Waals surface area (Å²) in [6.07, 6.45) is 3.08. The van der Waals surface area contributed by atoms with Crippen LogP contribution in [-0.2, 0) is 12.8 Å². The van der Waals surface area contributed by atoms with Crippen molar-refractivity contribution in [2.75, 3.05) is 13.7 Å². The summed E-state index contributed by atoms with van der Waals surface area (Å²) in [7, 11) is 2.04. The lowest BCUT2D eigenvalue weighted by molar-refractivity contribution is 0.267. The molecule has 19 heavy (non-hydrogen) atoms. The highest BCUT2D eigenvalue weighted by molar-refractivity contribution is 6.30. The number of nitrogens with one attached hydrogen (secondary N) is 1. The lowest BCUT2D eigenvalue weighted by atomic mass is 9.83. The average Bonchev–Trinajstić information content (AvgIpc) is 2.75. The molecule has 1 aromatic rings. The van der Waals surface area contributed by atoms with Gasteiger partial charge in [0.15, 0.2) is 0 Å². The molecule has 0 spiro atoms. The summed E-state index contributed by atoms with van der Waals surface area (Å²) < 4.78 is 5.76. The summed E-state index contributed by atoms with van der Waals surface area (Å²) >= 11 is 6.20. The van der Waals surface area contributed by atoms with Crippen molar-refractivity contribution < 1.29 is 4.74 Å². The van der Waals surface area contributed by atoms with Crippen molar-refractivity contribution in [2.45, 2.75) is 46.1 Å². The van der Waals surface area contributed by atoms with E-state index in [0.717, 1.165) is 36.6 Å². The van der Waals surface area contributed by atoms with Crippen LogP contribution in [-0.4, -0.2) is 19.7 Å². The Morgan fingerprint density at radius 1 is 1.37 bits per heavy atom. The Labute approximate surface area is 121 Å². The summed E-state index contributed by atoms with van der Waals surface area (Å²) in [5, 5.41) is 4.25. The van der Waals surface area contributed by atoms with Gasteiger partial charge in [0.1, 0.15) is 5.75 Å². The van der Waals surface area contributed by atoms with Crippen LogP contribution in [0.2, 0.25) is 5.02 Å². The quantitative estimate of drug-likeness (QED) is 0.905. The van der Waals surface area contributed by atoms with Gasteiger partial charge in [-0.2, -0.15) is 0 Å². The monoisotopic (exact) mass is 281 g/mol. The first kappa shape index (κ1) is 14.7. The third-order valence-electron chi connectivity index (χ3n) is 3.92. The lowest BCUT2D eigenvalue weighted by Crippen LogP contribution is -2.38. The van der Waals surface area contributed by atoms with E-state index in [1.54, 1.807) is 0 Å². The van der Waals surface area contributed by atoms with Crippen molar-refractivity contribution in [3.8, 4) is 5.75 Å². The summed E-state index contributed by atoms with van der Waals surface area (Å²) in [5.41, 5.74) is 2.78. The highest BCUT2D eigenvalue weighted by atomic mass is 35.5. The van der Waals surface area contributed by atoms with Crippen LogP contribution < -0.4 is 10.1 Å². The van der Waals surface area contributed by atoms with Crippen LogP contribution in [0, 0.1) is 5.41 Å². The number of aryl methyl sites for hydroxylation is 1. The van der Waals surface area contributed by atoms with Crippen molar-refractivity contribution >= 4 is 11.6 Å². The van der Waals surface area contributed by atoms with Gasteiger partial charge in [-0.05, 0) is 48.6 Å². The minimum Gasteiger partial charge on any atom is -0.493 e. The molecule has 2 rings (SSSR count). The molecule has 106 valence electrons.